The van der Waals surface area contributed by atoms with Crippen LogP contribution >= 0.6 is 0 Å². The fourth-order valence-corrected chi connectivity index (χ4v) is 1.03. The maximum absolute atomic E-state index is 11.3. The Kier molecular flexibility index (Phi) is 6.27. The van der Waals surface area contributed by atoms with Gasteiger partial charge in [0.15, 0.2) is 0 Å². The standard InChI is InChI=1S/C10H21NO4/c1-10(2,3)15-9(13)11-8(5-6-12)7-14-4/h8,12H,5-7H2,1-4H3,(H,11,13). The number of amides is 1. The van der Waals surface area contributed by atoms with Crippen molar-refractivity contribution in [2.75, 3.05) is 20.3 Å². The number of hydrogen-bond acceptors (Lipinski definition) is 4. The fourth-order valence-electron chi connectivity index (χ4n) is 1.03. The molecule has 1 atom stereocenters. The van der Waals surface area contributed by atoms with Gasteiger partial charge in [0.05, 0.1) is 12.6 Å². The van der Waals surface area contributed by atoms with E-state index in [0.717, 1.165) is 0 Å². The molecule has 1 amide bonds. The highest BCUT2D eigenvalue weighted by molar-refractivity contribution is 5.68. The molecule has 0 fully saturated rings. The minimum absolute atomic E-state index is 0.00379. The molecule has 1 unspecified atom stereocenters. The first-order valence-electron chi connectivity index (χ1n) is 4.98. The molecular formula is C10H21NO4. The van der Waals surface area contributed by atoms with Crippen LogP contribution in [0.1, 0.15) is 27.2 Å². The number of aliphatic hydroxyl groups excluding tert-OH is 1. The molecule has 0 aromatic carbocycles. The zero-order valence-electron chi connectivity index (χ0n) is 9.87. The van der Waals surface area contributed by atoms with E-state index in [9.17, 15) is 4.79 Å². The number of methoxy groups -OCH3 is 1. The van der Waals surface area contributed by atoms with Crippen LogP contribution in [0.3, 0.4) is 0 Å². The number of hydrogen-bond donors (Lipinski definition) is 2. The lowest BCUT2D eigenvalue weighted by molar-refractivity contribution is 0.0456. The molecule has 0 aliphatic carbocycles. The van der Waals surface area contributed by atoms with Gasteiger partial charge in [-0.25, -0.2) is 4.79 Å². The van der Waals surface area contributed by atoms with E-state index in [1.165, 1.54) is 0 Å². The van der Waals surface area contributed by atoms with Gasteiger partial charge in [0, 0.05) is 13.7 Å². The highest BCUT2D eigenvalue weighted by atomic mass is 16.6. The van der Waals surface area contributed by atoms with Gasteiger partial charge < -0.3 is 19.9 Å². The summed E-state index contributed by atoms with van der Waals surface area (Å²) in [6.45, 7) is 5.75. The van der Waals surface area contributed by atoms with Crippen molar-refractivity contribution in [1.82, 2.24) is 5.32 Å². The van der Waals surface area contributed by atoms with Crippen molar-refractivity contribution in [3.05, 3.63) is 0 Å². The van der Waals surface area contributed by atoms with Crippen molar-refractivity contribution in [3.8, 4) is 0 Å². The molecule has 2 N–H and O–H groups in total. The lowest BCUT2D eigenvalue weighted by Gasteiger charge is -2.22. The van der Waals surface area contributed by atoms with Crippen molar-refractivity contribution >= 4 is 6.09 Å². The molecule has 0 rings (SSSR count). The third-order valence-corrected chi connectivity index (χ3v) is 1.57. The van der Waals surface area contributed by atoms with E-state index < -0.39 is 11.7 Å². The molecular weight excluding hydrogens is 198 g/mol. The molecule has 0 aliphatic heterocycles. The second-order valence-corrected chi connectivity index (χ2v) is 4.31. The molecule has 90 valence electrons. The van der Waals surface area contributed by atoms with Crippen molar-refractivity contribution in [1.29, 1.82) is 0 Å². The number of carbonyl (C=O) groups is 1. The van der Waals surface area contributed by atoms with Gasteiger partial charge >= 0.3 is 6.09 Å². The molecule has 0 aliphatic rings. The van der Waals surface area contributed by atoms with Crippen LogP contribution < -0.4 is 5.32 Å². The Hall–Kier alpha value is -0.810. The summed E-state index contributed by atoms with van der Waals surface area (Å²) in [6.07, 6.45) is -0.0365. The lowest BCUT2D eigenvalue weighted by atomic mass is 10.2. The summed E-state index contributed by atoms with van der Waals surface area (Å²) in [4.78, 5) is 11.3. The van der Waals surface area contributed by atoms with Crippen LogP contribution in [0, 0.1) is 0 Å². The summed E-state index contributed by atoms with van der Waals surface area (Å²) >= 11 is 0. The zero-order chi connectivity index (χ0) is 11.9. The Morgan fingerprint density at radius 1 is 1.47 bits per heavy atom. The summed E-state index contributed by atoms with van der Waals surface area (Å²) in [7, 11) is 1.54. The van der Waals surface area contributed by atoms with E-state index >= 15 is 0 Å². The molecule has 0 bridgehead atoms. The number of carbonyl (C=O) groups excluding carboxylic acids is 1. The SMILES string of the molecule is COCC(CCO)NC(=O)OC(C)(C)C. The highest BCUT2D eigenvalue weighted by Crippen LogP contribution is 2.07. The Bertz CT molecular complexity index is 182. The Morgan fingerprint density at radius 2 is 2.07 bits per heavy atom. The molecule has 5 nitrogen and oxygen atoms in total. The Morgan fingerprint density at radius 3 is 2.47 bits per heavy atom. The molecule has 0 saturated heterocycles. The number of rotatable bonds is 5. The van der Waals surface area contributed by atoms with Crippen LogP contribution in [-0.2, 0) is 9.47 Å². The third-order valence-electron chi connectivity index (χ3n) is 1.57. The molecule has 5 heteroatoms. The van der Waals surface area contributed by atoms with Gasteiger partial charge in [-0.3, -0.25) is 0 Å². The topological polar surface area (TPSA) is 67.8 Å². The number of alkyl carbamates (subject to hydrolysis) is 1. The average Bonchev–Trinajstić information content (AvgIpc) is 2.00. The second kappa shape index (κ2) is 6.63. The van der Waals surface area contributed by atoms with E-state index in [1.807, 2.05) is 0 Å². The predicted octanol–water partition coefficient (Wildman–Crippen LogP) is 0.908. The van der Waals surface area contributed by atoms with Gasteiger partial charge in [-0.1, -0.05) is 0 Å². The van der Waals surface area contributed by atoms with Gasteiger partial charge in [0.25, 0.3) is 0 Å². The molecule has 0 aromatic rings. The summed E-state index contributed by atoms with van der Waals surface area (Å²) in [6, 6.07) is -0.213. The molecule has 0 spiro atoms. The van der Waals surface area contributed by atoms with Gasteiger partial charge in [-0.15, -0.1) is 0 Å². The first-order chi connectivity index (χ1) is 6.89. The lowest BCUT2D eigenvalue weighted by Crippen LogP contribution is -2.41. The van der Waals surface area contributed by atoms with Crippen LogP contribution in [-0.4, -0.2) is 43.2 Å². The summed E-state index contributed by atoms with van der Waals surface area (Å²) in [5, 5.41) is 11.4. The average molecular weight is 219 g/mol. The van der Waals surface area contributed by atoms with Crippen LogP contribution in [0.4, 0.5) is 4.79 Å². The Balaban J connectivity index is 3.99. The first-order valence-corrected chi connectivity index (χ1v) is 4.98. The second-order valence-electron chi connectivity index (χ2n) is 4.31. The van der Waals surface area contributed by atoms with Gasteiger partial charge in [0.2, 0.25) is 0 Å². The van der Waals surface area contributed by atoms with Crippen molar-refractivity contribution in [2.45, 2.75) is 38.8 Å². The van der Waals surface area contributed by atoms with E-state index in [2.05, 4.69) is 5.32 Å². The van der Waals surface area contributed by atoms with Gasteiger partial charge in [-0.05, 0) is 27.2 Å². The monoisotopic (exact) mass is 219 g/mol. The third kappa shape index (κ3) is 8.20. The van der Waals surface area contributed by atoms with E-state index in [-0.39, 0.29) is 12.6 Å². The van der Waals surface area contributed by atoms with Crippen molar-refractivity contribution < 1.29 is 19.4 Å². The maximum atomic E-state index is 11.3. The quantitative estimate of drug-likeness (QED) is 0.721. The van der Waals surface area contributed by atoms with Gasteiger partial charge in [-0.2, -0.15) is 0 Å². The molecule has 0 saturated carbocycles. The van der Waals surface area contributed by atoms with E-state index in [4.69, 9.17) is 14.6 Å². The van der Waals surface area contributed by atoms with Crippen molar-refractivity contribution in [2.24, 2.45) is 0 Å². The Labute approximate surface area is 90.8 Å². The number of ether oxygens (including phenoxy) is 2. The highest BCUT2D eigenvalue weighted by Gasteiger charge is 2.18. The molecule has 0 aromatic heterocycles. The largest absolute Gasteiger partial charge is 0.444 e. The maximum Gasteiger partial charge on any atom is 0.407 e. The predicted molar refractivity (Wildman–Crippen MR) is 56.7 cm³/mol. The summed E-state index contributed by atoms with van der Waals surface area (Å²) < 4.78 is 9.98. The smallest absolute Gasteiger partial charge is 0.407 e. The normalized spacial score (nSPS) is 13.4. The fraction of sp³-hybridized carbons (Fsp3) is 0.900. The van der Waals surface area contributed by atoms with Crippen LogP contribution in [0.15, 0.2) is 0 Å². The minimum atomic E-state index is -0.513. The molecule has 15 heavy (non-hydrogen) atoms. The first kappa shape index (κ1) is 14.2. The van der Waals surface area contributed by atoms with Crippen LogP contribution in [0.2, 0.25) is 0 Å². The number of aliphatic hydroxyl groups is 1. The van der Waals surface area contributed by atoms with Crippen molar-refractivity contribution in [3.63, 3.8) is 0 Å². The van der Waals surface area contributed by atoms with E-state index in [1.54, 1.807) is 27.9 Å². The summed E-state index contributed by atoms with van der Waals surface area (Å²) in [5.41, 5.74) is -0.513. The van der Waals surface area contributed by atoms with Crippen LogP contribution in [0.25, 0.3) is 0 Å². The number of nitrogens with one attached hydrogen (secondary N) is 1. The molecule has 0 radical (unpaired) electrons. The zero-order valence-corrected chi connectivity index (χ0v) is 9.87. The minimum Gasteiger partial charge on any atom is -0.444 e. The van der Waals surface area contributed by atoms with Crippen LogP contribution in [0.5, 0.6) is 0 Å². The molecule has 0 heterocycles. The summed E-state index contributed by atoms with van der Waals surface area (Å²) in [5.74, 6) is 0. The van der Waals surface area contributed by atoms with Gasteiger partial charge in [0.1, 0.15) is 5.60 Å². The van der Waals surface area contributed by atoms with E-state index in [0.29, 0.717) is 13.0 Å².